The second-order valence-electron chi connectivity index (χ2n) is 9.39. The molecular formula is C21H27FN10O8P2. The number of nitrogen functional groups attached to an aromatic ring is 2. The third-order valence-corrected chi connectivity index (χ3v) is 8.52. The lowest BCUT2D eigenvalue weighted by Gasteiger charge is -2.19. The number of aromatic nitrogens is 8. The Bertz CT molecular complexity index is 1630. The van der Waals surface area contributed by atoms with Gasteiger partial charge in [0.15, 0.2) is 22.9 Å². The maximum absolute atomic E-state index is 14.9. The first-order chi connectivity index (χ1) is 20.3. The quantitative estimate of drug-likeness (QED) is 0.225. The lowest BCUT2D eigenvalue weighted by atomic mass is 10.2. The fourth-order valence-electron chi connectivity index (χ4n) is 4.83. The van der Waals surface area contributed by atoms with Gasteiger partial charge in [-0.15, -0.1) is 0 Å². The molecule has 2 aliphatic heterocycles. The van der Waals surface area contributed by atoms with Crippen LogP contribution in [0.2, 0.25) is 0 Å². The molecule has 6 rings (SSSR count). The summed E-state index contributed by atoms with van der Waals surface area (Å²) in [4.78, 5) is 24.6. The van der Waals surface area contributed by atoms with Crippen LogP contribution >= 0.6 is 16.5 Å². The van der Waals surface area contributed by atoms with Crippen LogP contribution in [0, 0.1) is 0 Å². The zero-order chi connectivity index (χ0) is 29.4. The Labute approximate surface area is 237 Å². The summed E-state index contributed by atoms with van der Waals surface area (Å²) in [5.41, 5.74) is 13.3. The van der Waals surface area contributed by atoms with Gasteiger partial charge in [-0.1, -0.05) is 0 Å². The Morgan fingerprint density at radius 2 is 1.40 bits per heavy atom. The van der Waals surface area contributed by atoms with E-state index < -0.39 is 53.4 Å². The summed E-state index contributed by atoms with van der Waals surface area (Å²) in [5, 5.41) is 0. The molecule has 4 aromatic rings. The number of nitrogens with two attached hydrogens (primary N) is 2. The topological polar surface area (TPSA) is 229 Å². The monoisotopic (exact) mass is 628 g/mol. The Balaban J connectivity index is 1.09. The number of hydrogen-bond acceptors (Lipinski definition) is 16. The van der Waals surface area contributed by atoms with Crippen LogP contribution in [-0.4, -0.2) is 83.8 Å². The molecule has 0 amide bonds. The van der Waals surface area contributed by atoms with Crippen LogP contribution < -0.4 is 11.5 Å². The normalized spacial score (nSPS) is 27.7. The average molecular weight is 628 g/mol. The minimum atomic E-state index is -3.17. The highest BCUT2D eigenvalue weighted by Crippen LogP contribution is 2.41. The van der Waals surface area contributed by atoms with Crippen LogP contribution in [0.4, 0.5) is 16.0 Å². The first kappa shape index (κ1) is 28.9. The molecule has 226 valence electrons. The molecule has 0 saturated carbocycles. The predicted molar refractivity (Wildman–Crippen MR) is 143 cm³/mol. The first-order valence-corrected chi connectivity index (χ1v) is 15.1. The zero-order valence-electron chi connectivity index (χ0n) is 22.0. The lowest BCUT2D eigenvalue weighted by molar-refractivity contribution is -0.0409. The molecule has 2 saturated heterocycles. The van der Waals surface area contributed by atoms with Gasteiger partial charge in [-0.2, -0.15) is 0 Å². The molecule has 21 heteroatoms. The largest absolute Gasteiger partial charge is 0.382 e. The van der Waals surface area contributed by atoms with E-state index in [4.69, 9.17) is 39.0 Å². The Kier molecular flexibility index (Phi) is 8.42. The molecule has 42 heavy (non-hydrogen) atoms. The van der Waals surface area contributed by atoms with Gasteiger partial charge < -0.3 is 39.0 Å². The number of alkyl halides is 1. The van der Waals surface area contributed by atoms with Crippen molar-refractivity contribution in [1.29, 1.82) is 0 Å². The van der Waals surface area contributed by atoms with Crippen LogP contribution in [0.5, 0.6) is 0 Å². The minimum Gasteiger partial charge on any atom is -0.382 e. The fraction of sp³-hybridized carbons (Fsp3) is 0.524. The van der Waals surface area contributed by atoms with E-state index in [-0.39, 0.29) is 37.7 Å². The van der Waals surface area contributed by atoms with Gasteiger partial charge in [0.25, 0.3) is 0 Å². The number of nitrogens with zero attached hydrogens (tertiary/aromatic N) is 8. The van der Waals surface area contributed by atoms with Crippen molar-refractivity contribution in [2.24, 2.45) is 0 Å². The number of anilines is 2. The summed E-state index contributed by atoms with van der Waals surface area (Å²) < 4.78 is 75.6. The van der Waals surface area contributed by atoms with Crippen molar-refractivity contribution < 1.29 is 41.1 Å². The molecule has 4 aromatic heterocycles. The molecule has 4 N–H and O–H groups in total. The molecule has 18 nitrogen and oxygen atoms in total. The molecule has 6 heterocycles. The van der Waals surface area contributed by atoms with E-state index in [1.807, 2.05) is 0 Å². The van der Waals surface area contributed by atoms with Crippen LogP contribution in [0.1, 0.15) is 25.3 Å². The predicted octanol–water partition coefficient (Wildman–Crippen LogP) is 1.59. The maximum Gasteiger partial charge on any atom is 0.319 e. The standard InChI is InChI=1S/C21H27FN10O8P2/c1-35-41(33)36-5-13-11(3-15(39-13)32-9-30-17-19(24)26-7-28-21(17)32)40-42(34)37-4-12-10(22)2-14(38-12)31-8-29-16-18(23)25-6-27-20(16)31/h6-15,41-42H,2-5H2,1H3,(H2,23,25,27)(H2,24,26,28)/t10-,11+,12-,13-,14-,15-/m1/s1. The summed E-state index contributed by atoms with van der Waals surface area (Å²) in [6, 6.07) is 0. The summed E-state index contributed by atoms with van der Waals surface area (Å²) >= 11 is 0. The molecule has 0 radical (unpaired) electrons. The first-order valence-electron chi connectivity index (χ1n) is 12.7. The Morgan fingerprint density at radius 3 is 2.02 bits per heavy atom. The van der Waals surface area contributed by atoms with Gasteiger partial charge in [-0.25, -0.2) is 34.3 Å². The van der Waals surface area contributed by atoms with Crippen molar-refractivity contribution in [1.82, 2.24) is 39.0 Å². The minimum absolute atomic E-state index is 0.00557. The van der Waals surface area contributed by atoms with E-state index in [1.54, 1.807) is 9.13 Å². The molecule has 2 aliphatic rings. The van der Waals surface area contributed by atoms with Crippen LogP contribution in [0.15, 0.2) is 25.3 Å². The molecule has 2 fully saturated rings. The zero-order valence-corrected chi connectivity index (χ0v) is 24.0. The molecule has 0 aromatic carbocycles. The van der Waals surface area contributed by atoms with Crippen LogP contribution in [-0.2, 0) is 36.7 Å². The molecule has 2 unspecified atom stereocenters. The average Bonchev–Trinajstić information content (AvgIpc) is 3.76. The number of ether oxygens (including phenoxy) is 2. The summed E-state index contributed by atoms with van der Waals surface area (Å²) in [6.07, 6.45) is 0.227. The summed E-state index contributed by atoms with van der Waals surface area (Å²) in [7, 11) is -4.69. The van der Waals surface area contributed by atoms with Crippen LogP contribution in [0.25, 0.3) is 22.3 Å². The van der Waals surface area contributed by atoms with E-state index in [2.05, 4.69) is 29.9 Å². The van der Waals surface area contributed by atoms with Gasteiger partial charge in [-0.3, -0.25) is 18.3 Å². The highest BCUT2D eigenvalue weighted by atomic mass is 31.1. The molecule has 0 aliphatic carbocycles. The van der Waals surface area contributed by atoms with Gasteiger partial charge in [-0.05, 0) is 0 Å². The van der Waals surface area contributed by atoms with Gasteiger partial charge in [0, 0.05) is 20.0 Å². The highest BCUT2D eigenvalue weighted by molar-refractivity contribution is 7.33. The lowest BCUT2D eigenvalue weighted by Crippen LogP contribution is -2.27. The fourth-order valence-corrected chi connectivity index (χ4v) is 6.12. The van der Waals surface area contributed by atoms with E-state index in [1.165, 1.54) is 32.4 Å². The van der Waals surface area contributed by atoms with Crippen molar-refractivity contribution >= 4 is 50.5 Å². The van der Waals surface area contributed by atoms with Gasteiger partial charge >= 0.3 is 16.5 Å². The van der Waals surface area contributed by atoms with E-state index >= 15 is 0 Å². The Hall–Kier alpha value is -3.15. The molecule has 0 spiro atoms. The third-order valence-electron chi connectivity index (χ3n) is 6.88. The molecular weight excluding hydrogens is 601 g/mol. The number of fused-ring (bicyclic) bond motifs is 2. The maximum atomic E-state index is 14.9. The number of halogens is 1. The summed E-state index contributed by atoms with van der Waals surface area (Å²) in [6.45, 7) is -0.518. The van der Waals surface area contributed by atoms with Crippen molar-refractivity contribution in [3.05, 3.63) is 25.3 Å². The smallest absolute Gasteiger partial charge is 0.319 e. The van der Waals surface area contributed by atoms with Gasteiger partial charge in [0.1, 0.15) is 54.5 Å². The molecule has 0 bridgehead atoms. The number of imidazole rings is 2. The van der Waals surface area contributed by atoms with Crippen LogP contribution in [0.3, 0.4) is 0 Å². The van der Waals surface area contributed by atoms with Crippen molar-refractivity contribution in [2.45, 2.75) is 49.8 Å². The molecule has 8 atom stereocenters. The number of hydrogen-bond donors (Lipinski definition) is 2. The van der Waals surface area contributed by atoms with Gasteiger partial charge in [0.2, 0.25) is 0 Å². The SMILES string of the molecule is CO[PH](=O)OC[C@H]1O[C@@H](n2cnc3c(N)ncnc32)C[C@@H]1O[PH](=O)OC[C@H]1O[C@@H](n2cnc3c(N)ncnc32)C[C@H]1F. The van der Waals surface area contributed by atoms with Gasteiger partial charge in [0.05, 0.1) is 32.0 Å². The van der Waals surface area contributed by atoms with Crippen molar-refractivity contribution in [2.75, 3.05) is 31.8 Å². The highest BCUT2D eigenvalue weighted by Gasteiger charge is 2.41. The van der Waals surface area contributed by atoms with E-state index in [9.17, 15) is 13.5 Å². The van der Waals surface area contributed by atoms with E-state index in [0.717, 1.165) is 0 Å². The van der Waals surface area contributed by atoms with Crippen molar-refractivity contribution in [3.63, 3.8) is 0 Å². The second-order valence-corrected chi connectivity index (χ2v) is 11.6. The second kappa shape index (κ2) is 12.2. The third kappa shape index (κ3) is 5.74. The summed E-state index contributed by atoms with van der Waals surface area (Å²) in [5.74, 6) is 0.391. The van der Waals surface area contributed by atoms with E-state index in [0.29, 0.717) is 22.3 Å². The Morgan fingerprint density at radius 1 is 0.857 bits per heavy atom. The van der Waals surface area contributed by atoms with Crippen molar-refractivity contribution in [3.8, 4) is 0 Å². The number of rotatable bonds is 11.